The van der Waals surface area contributed by atoms with Crippen molar-refractivity contribution in [3.05, 3.63) is 35.4 Å². The normalized spacial score (nSPS) is 9.13. The van der Waals surface area contributed by atoms with Gasteiger partial charge in [0.25, 0.3) is 0 Å². The van der Waals surface area contributed by atoms with E-state index in [0.717, 1.165) is 0 Å². The summed E-state index contributed by atoms with van der Waals surface area (Å²) in [7, 11) is 1.51. The Morgan fingerprint density at radius 3 is 2.80 bits per heavy atom. The van der Waals surface area contributed by atoms with Gasteiger partial charge in [-0.15, -0.1) is 0 Å². The summed E-state index contributed by atoms with van der Waals surface area (Å²) in [5, 5.41) is 9.10. The van der Waals surface area contributed by atoms with Crippen molar-refractivity contribution in [3.63, 3.8) is 0 Å². The molecule has 1 rings (SSSR count). The lowest BCUT2D eigenvalue weighted by atomic mass is 10.2. The van der Waals surface area contributed by atoms with Gasteiger partial charge in [-0.2, -0.15) is 5.26 Å². The summed E-state index contributed by atoms with van der Waals surface area (Å²) in [6.07, 6.45) is 1.62. The Hall–Kier alpha value is -1.66. The molecular formula is C11H10ClNO2. The van der Waals surface area contributed by atoms with Gasteiger partial charge in [-0.3, -0.25) is 0 Å². The van der Waals surface area contributed by atoms with Crippen LogP contribution in [0, 0.1) is 11.3 Å². The summed E-state index contributed by atoms with van der Waals surface area (Å²) in [6, 6.07) is 5.07. The zero-order valence-electron chi connectivity index (χ0n) is 8.29. The third-order valence-electron chi connectivity index (χ3n) is 1.73. The van der Waals surface area contributed by atoms with Crippen LogP contribution in [0.4, 0.5) is 0 Å². The molecule has 0 aliphatic rings. The Bertz CT molecular complexity index is 410. The van der Waals surface area contributed by atoms with Gasteiger partial charge in [0.15, 0.2) is 11.5 Å². The fourth-order valence-electron chi connectivity index (χ4n) is 1.04. The number of nitriles is 1. The van der Waals surface area contributed by atoms with Gasteiger partial charge >= 0.3 is 0 Å². The molecule has 0 spiro atoms. The van der Waals surface area contributed by atoms with E-state index in [1.807, 2.05) is 6.07 Å². The van der Waals surface area contributed by atoms with Crippen molar-refractivity contribution >= 4 is 11.6 Å². The van der Waals surface area contributed by atoms with E-state index >= 15 is 0 Å². The monoisotopic (exact) mass is 223 g/mol. The summed E-state index contributed by atoms with van der Waals surface area (Å²) in [5.41, 5.74) is 0.361. The van der Waals surface area contributed by atoms with Crippen molar-refractivity contribution in [2.24, 2.45) is 0 Å². The lowest BCUT2D eigenvalue weighted by Gasteiger charge is -2.10. The van der Waals surface area contributed by atoms with E-state index in [2.05, 4.69) is 6.58 Å². The molecule has 0 N–H and O–H groups in total. The van der Waals surface area contributed by atoms with Crippen LogP contribution in [-0.2, 0) is 0 Å². The quantitative estimate of drug-likeness (QED) is 0.737. The number of hydrogen-bond donors (Lipinski definition) is 0. The van der Waals surface area contributed by atoms with Crippen molar-refractivity contribution in [1.29, 1.82) is 5.26 Å². The van der Waals surface area contributed by atoms with Crippen LogP contribution >= 0.6 is 11.6 Å². The van der Waals surface area contributed by atoms with E-state index < -0.39 is 0 Å². The van der Waals surface area contributed by atoms with E-state index in [9.17, 15) is 0 Å². The van der Waals surface area contributed by atoms with Crippen molar-refractivity contribution in [1.82, 2.24) is 0 Å². The molecule has 0 fully saturated rings. The molecule has 4 heteroatoms. The second kappa shape index (κ2) is 5.28. The summed E-state index contributed by atoms with van der Waals surface area (Å²) in [4.78, 5) is 0. The molecular weight excluding hydrogens is 214 g/mol. The van der Waals surface area contributed by atoms with Gasteiger partial charge in [0.1, 0.15) is 12.7 Å². The largest absolute Gasteiger partial charge is 0.493 e. The zero-order valence-corrected chi connectivity index (χ0v) is 9.04. The number of ether oxygens (including phenoxy) is 2. The van der Waals surface area contributed by atoms with Gasteiger partial charge in [0.05, 0.1) is 17.7 Å². The lowest BCUT2D eigenvalue weighted by molar-refractivity contribution is 0.326. The fourth-order valence-corrected chi connectivity index (χ4v) is 1.24. The standard InChI is InChI=1S/C11H10ClNO2/c1-3-4-15-11-6-9(12)8(7-13)5-10(11)14-2/h3,5-6H,1,4H2,2H3. The summed E-state index contributed by atoms with van der Waals surface area (Å²) in [5.74, 6) is 0.985. The predicted molar refractivity (Wildman–Crippen MR) is 58.4 cm³/mol. The smallest absolute Gasteiger partial charge is 0.163 e. The molecule has 0 heterocycles. The molecule has 0 saturated heterocycles. The van der Waals surface area contributed by atoms with Crippen LogP contribution in [0.2, 0.25) is 5.02 Å². The molecule has 0 saturated carbocycles. The van der Waals surface area contributed by atoms with Crippen LogP contribution < -0.4 is 9.47 Å². The maximum atomic E-state index is 8.76. The number of nitrogens with zero attached hydrogens (tertiary/aromatic N) is 1. The summed E-state index contributed by atoms with van der Waals surface area (Å²) < 4.78 is 10.4. The number of hydrogen-bond acceptors (Lipinski definition) is 3. The minimum atomic E-state index is 0.345. The molecule has 3 nitrogen and oxygen atoms in total. The topological polar surface area (TPSA) is 42.2 Å². The second-order valence-corrected chi connectivity index (χ2v) is 3.10. The number of benzene rings is 1. The minimum Gasteiger partial charge on any atom is -0.493 e. The highest BCUT2D eigenvalue weighted by Crippen LogP contribution is 2.32. The van der Waals surface area contributed by atoms with Crippen LogP contribution in [0.1, 0.15) is 5.56 Å². The Balaban J connectivity index is 3.10. The number of rotatable bonds is 4. The number of halogens is 1. The van der Waals surface area contributed by atoms with E-state index in [4.69, 9.17) is 26.3 Å². The third kappa shape index (κ3) is 2.64. The van der Waals surface area contributed by atoms with E-state index in [1.54, 1.807) is 18.2 Å². The SMILES string of the molecule is C=CCOc1cc(Cl)c(C#N)cc1OC. The van der Waals surface area contributed by atoms with Crippen LogP contribution in [0.5, 0.6) is 11.5 Å². The van der Waals surface area contributed by atoms with Gasteiger partial charge < -0.3 is 9.47 Å². The van der Waals surface area contributed by atoms with Gasteiger partial charge in [0.2, 0.25) is 0 Å². The van der Waals surface area contributed by atoms with Gasteiger partial charge in [-0.1, -0.05) is 24.3 Å². The molecule has 78 valence electrons. The molecule has 15 heavy (non-hydrogen) atoms. The van der Waals surface area contributed by atoms with Crippen LogP contribution in [-0.4, -0.2) is 13.7 Å². The summed E-state index contributed by atoms with van der Waals surface area (Å²) >= 11 is 5.85. The van der Waals surface area contributed by atoms with Crippen LogP contribution in [0.3, 0.4) is 0 Å². The highest BCUT2D eigenvalue weighted by Gasteiger charge is 2.09. The maximum Gasteiger partial charge on any atom is 0.163 e. The van der Waals surface area contributed by atoms with E-state index in [-0.39, 0.29) is 0 Å². The average Bonchev–Trinajstić information content (AvgIpc) is 2.26. The third-order valence-corrected chi connectivity index (χ3v) is 2.04. The van der Waals surface area contributed by atoms with Gasteiger partial charge in [-0.05, 0) is 0 Å². The second-order valence-electron chi connectivity index (χ2n) is 2.69. The Morgan fingerprint density at radius 1 is 1.53 bits per heavy atom. The highest BCUT2D eigenvalue weighted by atomic mass is 35.5. The maximum absolute atomic E-state index is 8.76. The predicted octanol–water partition coefficient (Wildman–Crippen LogP) is 2.79. The summed E-state index contributed by atoms with van der Waals surface area (Å²) in [6.45, 7) is 3.90. The molecule has 1 aromatic carbocycles. The minimum absolute atomic E-state index is 0.345. The molecule has 0 aliphatic heterocycles. The molecule has 0 unspecified atom stereocenters. The Kier molecular flexibility index (Phi) is 4.02. The molecule has 0 aromatic heterocycles. The van der Waals surface area contributed by atoms with E-state index in [1.165, 1.54) is 7.11 Å². The van der Waals surface area contributed by atoms with Crippen LogP contribution in [0.25, 0.3) is 0 Å². The highest BCUT2D eigenvalue weighted by molar-refractivity contribution is 6.31. The van der Waals surface area contributed by atoms with Crippen molar-refractivity contribution in [3.8, 4) is 17.6 Å². The number of methoxy groups -OCH3 is 1. The Labute approximate surface area is 93.5 Å². The molecule has 0 amide bonds. The van der Waals surface area contributed by atoms with Gasteiger partial charge in [-0.25, -0.2) is 0 Å². The lowest BCUT2D eigenvalue weighted by Crippen LogP contribution is -1.97. The molecule has 0 bridgehead atoms. The zero-order chi connectivity index (χ0) is 11.3. The van der Waals surface area contributed by atoms with Crippen molar-refractivity contribution < 1.29 is 9.47 Å². The molecule has 1 aromatic rings. The van der Waals surface area contributed by atoms with Crippen molar-refractivity contribution in [2.45, 2.75) is 0 Å². The Morgan fingerprint density at radius 2 is 2.27 bits per heavy atom. The first-order chi connectivity index (χ1) is 7.22. The first-order valence-corrected chi connectivity index (χ1v) is 4.62. The molecule has 0 aliphatic carbocycles. The first kappa shape index (κ1) is 11.4. The first-order valence-electron chi connectivity index (χ1n) is 4.24. The fraction of sp³-hybridized carbons (Fsp3) is 0.182. The van der Waals surface area contributed by atoms with E-state index in [0.29, 0.717) is 28.7 Å². The van der Waals surface area contributed by atoms with Crippen LogP contribution in [0.15, 0.2) is 24.8 Å². The van der Waals surface area contributed by atoms with Crippen molar-refractivity contribution in [2.75, 3.05) is 13.7 Å². The molecule has 0 radical (unpaired) electrons. The molecule has 0 atom stereocenters. The van der Waals surface area contributed by atoms with Gasteiger partial charge in [0, 0.05) is 12.1 Å². The average molecular weight is 224 g/mol.